The second kappa shape index (κ2) is 25.7. The van der Waals surface area contributed by atoms with Gasteiger partial charge < -0.3 is 5.32 Å². The highest BCUT2D eigenvalue weighted by Crippen LogP contribution is 2.01. The Morgan fingerprint density at radius 1 is 0.692 bits per heavy atom. The molecule has 0 radical (unpaired) electrons. The Kier molecular flexibility index (Phi) is 26.3. The number of hydrogen-bond acceptors (Lipinski definition) is 1. The maximum atomic E-state index is 11.2. The fourth-order valence-corrected chi connectivity index (χ4v) is 2.23. The molecule has 0 rings (SSSR count). The largest absolute Gasteiger partial charge is 0.356 e. The van der Waals surface area contributed by atoms with Crippen LogP contribution < -0.4 is 5.32 Å². The summed E-state index contributed by atoms with van der Waals surface area (Å²) < 4.78 is 0. The molecular formula is C24H43NO. The summed E-state index contributed by atoms with van der Waals surface area (Å²) in [5, 5.41) is 2.82. The topological polar surface area (TPSA) is 29.1 Å². The third-order valence-electron chi connectivity index (χ3n) is 3.61. The molecule has 0 aromatic carbocycles. The molecule has 0 heterocycles. The number of allylic oxidation sites excluding steroid dienone is 8. The fourth-order valence-electron chi connectivity index (χ4n) is 2.23. The Balaban J connectivity index is 0. The molecule has 2 heteroatoms. The van der Waals surface area contributed by atoms with E-state index in [9.17, 15) is 4.79 Å². The Bertz CT molecular complexity index is 391. The van der Waals surface area contributed by atoms with Gasteiger partial charge in [0.2, 0.25) is 5.91 Å². The molecule has 0 aliphatic carbocycles. The van der Waals surface area contributed by atoms with Crippen LogP contribution in [0.2, 0.25) is 0 Å². The zero-order chi connectivity index (χ0) is 19.7. The van der Waals surface area contributed by atoms with E-state index in [0.29, 0.717) is 6.42 Å². The quantitative estimate of drug-likeness (QED) is 0.241. The molecule has 0 aromatic heterocycles. The lowest BCUT2D eigenvalue weighted by atomic mass is 10.2. The first-order valence-electron chi connectivity index (χ1n) is 10.7. The van der Waals surface area contributed by atoms with E-state index >= 15 is 0 Å². The van der Waals surface area contributed by atoms with Crippen molar-refractivity contribution in [1.82, 2.24) is 5.32 Å². The highest BCUT2D eigenvalue weighted by Gasteiger charge is 1.96. The van der Waals surface area contributed by atoms with Gasteiger partial charge >= 0.3 is 0 Å². The molecular weight excluding hydrogens is 318 g/mol. The molecule has 0 aliphatic rings. The lowest BCUT2D eigenvalue weighted by molar-refractivity contribution is -0.121. The number of amides is 1. The van der Waals surface area contributed by atoms with Crippen LogP contribution in [0.15, 0.2) is 48.6 Å². The summed E-state index contributed by atoms with van der Waals surface area (Å²) in [4.78, 5) is 11.2. The smallest absolute Gasteiger partial charge is 0.219 e. The zero-order valence-corrected chi connectivity index (χ0v) is 17.8. The van der Waals surface area contributed by atoms with Crippen molar-refractivity contribution in [3.63, 3.8) is 0 Å². The summed E-state index contributed by atoms with van der Waals surface area (Å²) in [5.74, 6) is 0.161. The number of carbonyl (C=O) groups excluding carboxylic acids is 1. The van der Waals surface area contributed by atoms with Crippen molar-refractivity contribution in [1.29, 1.82) is 0 Å². The van der Waals surface area contributed by atoms with Crippen molar-refractivity contribution in [3.8, 4) is 0 Å². The average Bonchev–Trinajstić information content (AvgIpc) is 2.66. The lowest BCUT2D eigenvalue weighted by Crippen LogP contribution is -2.21. The van der Waals surface area contributed by atoms with Gasteiger partial charge in [0.1, 0.15) is 0 Å². The average molecular weight is 362 g/mol. The van der Waals surface area contributed by atoms with Crippen LogP contribution in [0.1, 0.15) is 91.9 Å². The van der Waals surface area contributed by atoms with E-state index in [1.54, 1.807) is 0 Å². The van der Waals surface area contributed by atoms with Crippen molar-refractivity contribution < 1.29 is 4.79 Å². The van der Waals surface area contributed by atoms with Crippen LogP contribution in [0, 0.1) is 0 Å². The Hall–Kier alpha value is -1.57. The molecule has 0 saturated heterocycles. The number of carbonyl (C=O) groups is 1. The summed E-state index contributed by atoms with van der Waals surface area (Å²) in [6.07, 6.45) is 28.5. The van der Waals surface area contributed by atoms with Crippen LogP contribution in [0.25, 0.3) is 0 Å². The Labute approximate surface area is 163 Å². The summed E-state index contributed by atoms with van der Waals surface area (Å²) in [7, 11) is 0. The van der Waals surface area contributed by atoms with Crippen molar-refractivity contribution >= 4 is 5.91 Å². The number of nitrogens with one attached hydrogen (secondary N) is 1. The highest BCUT2D eigenvalue weighted by molar-refractivity contribution is 5.75. The number of hydrogen-bond donors (Lipinski definition) is 1. The van der Waals surface area contributed by atoms with E-state index in [0.717, 1.165) is 38.6 Å². The fraction of sp³-hybridized carbons (Fsp3) is 0.625. The van der Waals surface area contributed by atoms with Gasteiger partial charge in [-0.25, -0.2) is 0 Å². The maximum absolute atomic E-state index is 11.2. The Morgan fingerprint density at radius 3 is 1.62 bits per heavy atom. The second-order valence-electron chi connectivity index (χ2n) is 5.93. The monoisotopic (exact) mass is 361 g/mol. The van der Waals surface area contributed by atoms with Crippen LogP contribution in [-0.4, -0.2) is 12.5 Å². The third-order valence-corrected chi connectivity index (χ3v) is 3.61. The van der Waals surface area contributed by atoms with Crippen LogP contribution in [0.5, 0.6) is 0 Å². The van der Waals surface area contributed by atoms with Gasteiger partial charge in [-0.1, -0.05) is 82.2 Å². The van der Waals surface area contributed by atoms with Gasteiger partial charge in [0, 0.05) is 13.0 Å². The van der Waals surface area contributed by atoms with Crippen molar-refractivity contribution in [3.05, 3.63) is 48.6 Å². The van der Waals surface area contributed by atoms with Crippen molar-refractivity contribution in [2.45, 2.75) is 91.9 Å². The molecule has 0 saturated carbocycles. The second-order valence-corrected chi connectivity index (χ2v) is 5.93. The molecule has 0 fully saturated rings. The first-order valence-corrected chi connectivity index (χ1v) is 10.7. The van der Waals surface area contributed by atoms with Crippen molar-refractivity contribution in [2.24, 2.45) is 0 Å². The number of unbranched alkanes of at least 4 members (excludes halogenated alkanes) is 4. The van der Waals surface area contributed by atoms with Crippen LogP contribution in [0.4, 0.5) is 0 Å². The van der Waals surface area contributed by atoms with E-state index < -0.39 is 0 Å². The molecule has 150 valence electrons. The molecule has 0 atom stereocenters. The minimum absolute atomic E-state index is 0.161. The predicted octanol–water partition coefficient (Wildman–Crippen LogP) is 7.29. The third kappa shape index (κ3) is 24.7. The summed E-state index contributed by atoms with van der Waals surface area (Å²) in [5.41, 5.74) is 0. The predicted molar refractivity (Wildman–Crippen MR) is 118 cm³/mol. The molecule has 0 bridgehead atoms. The zero-order valence-electron chi connectivity index (χ0n) is 17.8. The molecule has 0 unspecified atom stereocenters. The number of rotatable bonds is 15. The van der Waals surface area contributed by atoms with Crippen molar-refractivity contribution in [2.75, 3.05) is 6.54 Å². The van der Waals surface area contributed by atoms with E-state index in [1.165, 1.54) is 25.7 Å². The van der Waals surface area contributed by atoms with E-state index in [2.05, 4.69) is 60.8 Å². The van der Waals surface area contributed by atoms with Gasteiger partial charge in [-0.05, 0) is 51.9 Å². The first kappa shape index (κ1) is 26.7. The molecule has 1 N–H and O–H groups in total. The normalized spacial score (nSPS) is 11.5. The van der Waals surface area contributed by atoms with Gasteiger partial charge in [0.15, 0.2) is 0 Å². The maximum Gasteiger partial charge on any atom is 0.219 e. The van der Waals surface area contributed by atoms with E-state index in [4.69, 9.17) is 0 Å². The van der Waals surface area contributed by atoms with Gasteiger partial charge in [0.25, 0.3) is 0 Å². The summed E-state index contributed by atoms with van der Waals surface area (Å²) in [6, 6.07) is 0. The van der Waals surface area contributed by atoms with Gasteiger partial charge in [-0.15, -0.1) is 0 Å². The molecule has 26 heavy (non-hydrogen) atoms. The first-order chi connectivity index (χ1) is 12.8. The molecule has 0 aliphatic heterocycles. The summed E-state index contributed by atoms with van der Waals surface area (Å²) >= 11 is 0. The van der Waals surface area contributed by atoms with E-state index in [-0.39, 0.29) is 5.91 Å². The Morgan fingerprint density at radius 2 is 1.15 bits per heavy atom. The van der Waals surface area contributed by atoms with Crippen LogP contribution >= 0.6 is 0 Å². The molecule has 1 amide bonds. The van der Waals surface area contributed by atoms with Gasteiger partial charge in [-0.2, -0.15) is 0 Å². The molecule has 0 aromatic rings. The minimum atomic E-state index is 0.161. The SMILES string of the molecule is CC.CCCCC/C=C\C/C=C\C/C=C\C/C=C\CCCC(=O)NCC. The van der Waals surface area contributed by atoms with Crippen LogP contribution in [0.3, 0.4) is 0 Å². The van der Waals surface area contributed by atoms with Crippen LogP contribution in [-0.2, 0) is 4.79 Å². The standard InChI is InChI=1S/C22H37NO.C2H6/c1-3-5-6-7-8-9-10-11-12-13-14-15-16-17-18-19-20-21-22(24)23-4-2;1-2/h8-9,11-12,14-15,17-18H,3-7,10,13,16,19-21H2,1-2H3,(H,23,24);1-2H3/b9-8-,12-11-,15-14-,18-17-;. The molecule has 2 nitrogen and oxygen atoms in total. The van der Waals surface area contributed by atoms with Gasteiger partial charge in [-0.3, -0.25) is 4.79 Å². The minimum Gasteiger partial charge on any atom is -0.356 e. The van der Waals surface area contributed by atoms with Gasteiger partial charge in [0.05, 0.1) is 0 Å². The highest BCUT2D eigenvalue weighted by atomic mass is 16.1. The van der Waals surface area contributed by atoms with E-state index in [1.807, 2.05) is 20.8 Å². The summed E-state index contributed by atoms with van der Waals surface area (Å²) in [6.45, 7) is 8.91. The molecule has 0 spiro atoms. The lowest BCUT2D eigenvalue weighted by Gasteiger charge is -1.99.